The molecule has 1 saturated carbocycles. The van der Waals surface area contributed by atoms with Crippen LogP contribution in [0.25, 0.3) is 11.3 Å². The van der Waals surface area contributed by atoms with E-state index in [0.717, 1.165) is 25.9 Å². The minimum Gasteiger partial charge on any atom is -0.431 e. The van der Waals surface area contributed by atoms with Crippen molar-refractivity contribution in [2.75, 3.05) is 30.8 Å². The molecule has 0 spiro atoms. The van der Waals surface area contributed by atoms with E-state index in [-0.39, 0.29) is 29.6 Å². The normalized spacial score (nSPS) is 19.4. The highest BCUT2D eigenvalue weighted by Crippen LogP contribution is 2.32. The monoisotopic (exact) mass is 569 g/mol. The van der Waals surface area contributed by atoms with Crippen LogP contribution in [0.5, 0.6) is 0 Å². The number of ether oxygens (including phenoxy) is 2. The summed E-state index contributed by atoms with van der Waals surface area (Å²) in [6.07, 6.45) is 2.56. The summed E-state index contributed by atoms with van der Waals surface area (Å²) in [6, 6.07) is 7.42. The first kappa shape index (κ1) is 27.7. The molecule has 2 fully saturated rings. The van der Waals surface area contributed by atoms with Gasteiger partial charge in [0.1, 0.15) is 36.0 Å². The zero-order valence-electron chi connectivity index (χ0n) is 22.1. The van der Waals surface area contributed by atoms with E-state index in [2.05, 4.69) is 35.7 Å². The molecule has 3 heterocycles. The van der Waals surface area contributed by atoms with Crippen LogP contribution >= 0.6 is 11.6 Å². The van der Waals surface area contributed by atoms with Crippen LogP contribution in [0.4, 0.5) is 26.5 Å². The molecular weight excluding hydrogens is 541 g/mol. The fourth-order valence-corrected chi connectivity index (χ4v) is 4.72. The predicted octanol–water partition coefficient (Wildman–Crippen LogP) is 4.74. The number of aromatic nitrogens is 4. The first-order valence-corrected chi connectivity index (χ1v) is 13.4. The van der Waals surface area contributed by atoms with Crippen LogP contribution in [0.3, 0.4) is 0 Å². The number of hydrogen-bond donors (Lipinski definition) is 2. The standard InChI is InChI=1S/C27H29ClFN7O4/c1-15-22(12-23(35-34-15)20-11-17(28)3-4-21(20)29)32-24-13-25(31-14-30-24)33-26(37)16-9-19(10-16)40-27(38)39-18-5-7-36(2)8-6-18/h3-4,11-14,16,18-19H,5-10H2,1-2H3,(H2,30,31,32,33,35,37). The smallest absolute Gasteiger partial charge is 0.431 e. The van der Waals surface area contributed by atoms with Gasteiger partial charge >= 0.3 is 6.16 Å². The van der Waals surface area contributed by atoms with Gasteiger partial charge in [-0.15, -0.1) is 0 Å². The number of hydrogen-bond acceptors (Lipinski definition) is 10. The number of rotatable bonds is 7. The molecule has 40 heavy (non-hydrogen) atoms. The number of piperidine rings is 1. The Hall–Kier alpha value is -3.90. The molecule has 2 aliphatic rings. The van der Waals surface area contributed by atoms with E-state index in [1.54, 1.807) is 19.1 Å². The molecule has 210 valence electrons. The molecule has 0 bridgehead atoms. The Balaban J connectivity index is 1.14. The van der Waals surface area contributed by atoms with Gasteiger partial charge in [-0.25, -0.2) is 19.2 Å². The first-order valence-electron chi connectivity index (χ1n) is 13.0. The van der Waals surface area contributed by atoms with E-state index in [1.807, 2.05) is 7.05 Å². The molecule has 1 saturated heterocycles. The van der Waals surface area contributed by atoms with Crippen molar-refractivity contribution >= 4 is 41.0 Å². The molecular formula is C27H29ClFN7O4. The van der Waals surface area contributed by atoms with E-state index in [1.165, 1.54) is 24.5 Å². The fraction of sp³-hybridized carbons (Fsp3) is 0.407. The number of anilines is 3. The lowest BCUT2D eigenvalue weighted by atomic mass is 9.81. The molecule has 0 unspecified atom stereocenters. The first-order chi connectivity index (χ1) is 19.2. The SMILES string of the molecule is Cc1nnc(-c2cc(Cl)ccc2F)cc1Nc1cc(NC(=O)C2CC(OC(=O)OC3CCN(C)CC3)C2)ncn1. The third kappa shape index (κ3) is 6.80. The largest absolute Gasteiger partial charge is 0.508 e. The van der Waals surface area contributed by atoms with Crippen LogP contribution in [0.2, 0.25) is 5.02 Å². The molecule has 5 rings (SSSR count). The molecule has 1 aromatic carbocycles. The molecule has 11 nitrogen and oxygen atoms in total. The summed E-state index contributed by atoms with van der Waals surface area (Å²) in [4.78, 5) is 35.3. The maximum absolute atomic E-state index is 14.3. The second kappa shape index (κ2) is 12.1. The van der Waals surface area contributed by atoms with E-state index < -0.39 is 12.0 Å². The number of benzene rings is 1. The molecule has 1 aliphatic heterocycles. The molecule has 1 aliphatic carbocycles. The van der Waals surface area contributed by atoms with Crippen molar-refractivity contribution in [1.82, 2.24) is 25.1 Å². The summed E-state index contributed by atoms with van der Waals surface area (Å²) >= 11 is 6.02. The van der Waals surface area contributed by atoms with Crippen molar-refractivity contribution < 1.29 is 23.5 Å². The van der Waals surface area contributed by atoms with Crippen molar-refractivity contribution in [2.24, 2.45) is 5.92 Å². The lowest BCUT2D eigenvalue weighted by Gasteiger charge is -2.34. The number of likely N-dealkylation sites (tertiary alicyclic amines) is 1. The summed E-state index contributed by atoms with van der Waals surface area (Å²) in [5, 5.41) is 14.5. The summed E-state index contributed by atoms with van der Waals surface area (Å²) in [7, 11) is 2.04. The van der Waals surface area contributed by atoms with Gasteiger partial charge in [0.15, 0.2) is 0 Å². The predicted molar refractivity (Wildman–Crippen MR) is 146 cm³/mol. The summed E-state index contributed by atoms with van der Waals surface area (Å²) in [6.45, 7) is 3.51. The Kier molecular flexibility index (Phi) is 8.36. The molecule has 2 N–H and O–H groups in total. The highest BCUT2D eigenvalue weighted by Gasteiger charge is 2.38. The molecule has 1 amide bonds. The summed E-state index contributed by atoms with van der Waals surface area (Å²) in [5.74, 6) is -0.319. The number of carbonyl (C=O) groups is 2. The third-order valence-corrected chi connectivity index (χ3v) is 7.26. The van der Waals surface area contributed by atoms with Crippen molar-refractivity contribution in [3.63, 3.8) is 0 Å². The highest BCUT2D eigenvalue weighted by molar-refractivity contribution is 6.30. The van der Waals surface area contributed by atoms with Crippen LogP contribution in [-0.4, -0.2) is 69.5 Å². The lowest BCUT2D eigenvalue weighted by molar-refractivity contribution is -0.127. The maximum Gasteiger partial charge on any atom is 0.508 e. The van der Waals surface area contributed by atoms with Crippen molar-refractivity contribution in [1.29, 1.82) is 0 Å². The number of carbonyl (C=O) groups excluding carboxylic acids is 2. The topological polar surface area (TPSA) is 131 Å². The van der Waals surface area contributed by atoms with Gasteiger partial charge in [-0.05, 0) is 63.9 Å². The summed E-state index contributed by atoms with van der Waals surface area (Å²) in [5.41, 5.74) is 1.63. The second-order valence-corrected chi connectivity index (χ2v) is 10.5. The van der Waals surface area contributed by atoms with Crippen LogP contribution < -0.4 is 10.6 Å². The maximum atomic E-state index is 14.3. The van der Waals surface area contributed by atoms with Gasteiger partial charge in [0, 0.05) is 35.7 Å². The highest BCUT2D eigenvalue weighted by atomic mass is 35.5. The number of halogens is 2. The number of nitrogens with zero attached hydrogens (tertiary/aromatic N) is 5. The molecule has 13 heteroatoms. The van der Waals surface area contributed by atoms with Crippen molar-refractivity contribution in [3.8, 4) is 11.3 Å². The van der Waals surface area contributed by atoms with Crippen LogP contribution in [0.15, 0.2) is 36.7 Å². The molecule has 0 atom stereocenters. The van der Waals surface area contributed by atoms with Gasteiger partial charge < -0.3 is 25.0 Å². The lowest BCUT2D eigenvalue weighted by Crippen LogP contribution is -2.41. The Labute approximate surface area is 235 Å². The van der Waals surface area contributed by atoms with E-state index in [0.29, 0.717) is 46.6 Å². The second-order valence-electron chi connectivity index (χ2n) is 10.0. The summed E-state index contributed by atoms with van der Waals surface area (Å²) < 4.78 is 25.1. The number of amides is 1. The molecule has 3 aromatic rings. The van der Waals surface area contributed by atoms with Gasteiger partial charge in [0.25, 0.3) is 0 Å². The fourth-order valence-electron chi connectivity index (χ4n) is 4.54. The zero-order chi connectivity index (χ0) is 28.2. The van der Waals surface area contributed by atoms with E-state index >= 15 is 0 Å². The minimum atomic E-state index is -0.674. The quantitative estimate of drug-likeness (QED) is 0.384. The van der Waals surface area contributed by atoms with E-state index in [9.17, 15) is 14.0 Å². The van der Waals surface area contributed by atoms with Crippen LogP contribution in [0.1, 0.15) is 31.4 Å². The zero-order valence-corrected chi connectivity index (χ0v) is 22.8. The molecule has 2 aromatic heterocycles. The minimum absolute atomic E-state index is 0.125. The third-order valence-electron chi connectivity index (χ3n) is 7.02. The molecule has 0 radical (unpaired) electrons. The van der Waals surface area contributed by atoms with Gasteiger partial charge in [0.05, 0.1) is 17.1 Å². The Morgan fingerprint density at radius 3 is 2.52 bits per heavy atom. The number of aryl methyl sites for hydroxylation is 1. The van der Waals surface area contributed by atoms with Gasteiger partial charge in [-0.2, -0.15) is 10.2 Å². The van der Waals surface area contributed by atoms with E-state index in [4.69, 9.17) is 21.1 Å². The van der Waals surface area contributed by atoms with Gasteiger partial charge in [-0.3, -0.25) is 4.79 Å². The van der Waals surface area contributed by atoms with Crippen molar-refractivity contribution in [2.45, 2.75) is 44.8 Å². The Bertz CT molecular complexity index is 1400. The number of nitrogens with one attached hydrogen (secondary N) is 2. The van der Waals surface area contributed by atoms with Gasteiger partial charge in [-0.1, -0.05) is 11.6 Å². The average molecular weight is 570 g/mol. The van der Waals surface area contributed by atoms with Gasteiger partial charge in [0.2, 0.25) is 5.91 Å². The Morgan fingerprint density at radius 1 is 1.02 bits per heavy atom. The van der Waals surface area contributed by atoms with Crippen LogP contribution in [0, 0.1) is 18.7 Å². The Morgan fingerprint density at radius 2 is 1.75 bits per heavy atom. The van der Waals surface area contributed by atoms with Crippen LogP contribution in [-0.2, 0) is 14.3 Å². The average Bonchev–Trinajstić information content (AvgIpc) is 2.90. The van der Waals surface area contributed by atoms with Crippen molar-refractivity contribution in [3.05, 3.63) is 53.2 Å².